The number of carbonyl (C=O) groups is 1. The van der Waals surface area contributed by atoms with Crippen LogP contribution in [0.1, 0.15) is 84.5 Å². The first kappa shape index (κ1) is 28.0. The van der Waals surface area contributed by atoms with Gasteiger partial charge in [0.05, 0.1) is 29.9 Å². The van der Waals surface area contributed by atoms with E-state index in [9.17, 15) is 13.2 Å². The highest BCUT2D eigenvalue weighted by atomic mass is 32.2. The second-order valence-electron chi connectivity index (χ2n) is 8.64. The fraction of sp³-hybridized carbons (Fsp3) is 0.640. The zero-order valence-electron chi connectivity index (χ0n) is 20.5. The molecule has 0 saturated heterocycles. The smallest absolute Gasteiger partial charge is 0.333 e. The number of nitrogens with one attached hydrogen (secondary N) is 2. The van der Waals surface area contributed by atoms with Crippen LogP contribution < -0.4 is 14.8 Å². The molecule has 0 aliphatic heterocycles. The molecule has 3 N–H and O–H groups in total. The van der Waals surface area contributed by atoms with Crippen molar-refractivity contribution in [2.24, 2.45) is 0 Å². The van der Waals surface area contributed by atoms with Gasteiger partial charge in [-0.1, -0.05) is 58.3 Å². The van der Waals surface area contributed by atoms with Crippen molar-refractivity contribution in [1.82, 2.24) is 4.72 Å². The molecule has 0 unspecified atom stereocenters. The lowest BCUT2D eigenvalue weighted by Crippen LogP contribution is -2.36. The Bertz CT molecular complexity index is 895. The van der Waals surface area contributed by atoms with Crippen molar-refractivity contribution in [3.05, 3.63) is 30.2 Å². The molecular formula is C25H40N2O6S. The Balaban J connectivity index is 2.18. The summed E-state index contributed by atoms with van der Waals surface area (Å²) in [6, 6.07) is 4.54. The van der Waals surface area contributed by atoms with E-state index in [-0.39, 0.29) is 23.4 Å². The van der Waals surface area contributed by atoms with Gasteiger partial charge in [-0.05, 0) is 44.4 Å². The topological polar surface area (TPSA) is 114 Å². The molecule has 0 amide bonds. The first-order valence-corrected chi connectivity index (χ1v) is 14.0. The third-order valence-electron chi connectivity index (χ3n) is 5.76. The van der Waals surface area contributed by atoms with Crippen molar-refractivity contribution in [3.63, 3.8) is 0 Å². The average Bonchev–Trinajstić information content (AvgIpc) is 2.79. The lowest BCUT2D eigenvalue weighted by atomic mass is 9.96. The van der Waals surface area contributed by atoms with Gasteiger partial charge in [-0.3, -0.25) is 0 Å². The zero-order valence-corrected chi connectivity index (χ0v) is 21.3. The second-order valence-corrected chi connectivity index (χ2v) is 10.3. The maximum absolute atomic E-state index is 13.0. The number of anilines is 1. The number of hydrogen-bond donors (Lipinski definition) is 3. The minimum atomic E-state index is -3.73. The summed E-state index contributed by atoms with van der Waals surface area (Å²) in [6.45, 7) is 4.66. The maximum Gasteiger partial charge on any atom is 0.333 e. The molecule has 9 heteroatoms. The predicted octanol–water partition coefficient (Wildman–Crippen LogP) is 5.41. The largest absolute Gasteiger partial charge is 0.491 e. The SMILES string of the molecule is CCCCCCCCOc1ccc(S(=O)(=O)NC2CCCCC2)cc1N/C(=C/C(=O)O)OCC. The first-order chi connectivity index (χ1) is 16.4. The Hall–Kier alpha value is -2.26. The minimum Gasteiger partial charge on any atom is -0.491 e. The quantitative estimate of drug-likeness (QED) is 0.159. The van der Waals surface area contributed by atoms with Crippen LogP contribution in [0.25, 0.3) is 0 Å². The fourth-order valence-corrected chi connectivity index (χ4v) is 5.32. The number of carboxylic acids is 1. The lowest BCUT2D eigenvalue weighted by Gasteiger charge is -2.23. The van der Waals surface area contributed by atoms with Crippen LogP contribution in [0.3, 0.4) is 0 Å². The molecule has 1 aliphatic rings. The van der Waals surface area contributed by atoms with E-state index in [1.165, 1.54) is 31.4 Å². The van der Waals surface area contributed by atoms with E-state index in [4.69, 9.17) is 14.6 Å². The van der Waals surface area contributed by atoms with Crippen molar-refractivity contribution in [1.29, 1.82) is 0 Å². The van der Waals surface area contributed by atoms with Gasteiger partial charge in [0.1, 0.15) is 5.75 Å². The van der Waals surface area contributed by atoms with Crippen molar-refractivity contribution >= 4 is 21.7 Å². The Morgan fingerprint density at radius 1 is 1.09 bits per heavy atom. The van der Waals surface area contributed by atoms with Gasteiger partial charge in [-0.25, -0.2) is 17.9 Å². The summed E-state index contributed by atoms with van der Waals surface area (Å²) in [6.07, 6.45) is 12.5. The summed E-state index contributed by atoms with van der Waals surface area (Å²) in [5.41, 5.74) is 0.346. The third kappa shape index (κ3) is 9.93. The average molecular weight is 497 g/mol. The van der Waals surface area contributed by atoms with E-state index in [1.54, 1.807) is 13.0 Å². The molecule has 1 saturated carbocycles. The van der Waals surface area contributed by atoms with Crippen LogP contribution in [-0.2, 0) is 19.6 Å². The number of carboxylic acid groups (broad SMARTS) is 1. The highest BCUT2D eigenvalue weighted by Crippen LogP contribution is 2.30. The van der Waals surface area contributed by atoms with Crippen molar-refractivity contribution in [3.8, 4) is 5.75 Å². The van der Waals surface area contributed by atoms with Crippen LogP contribution in [0.2, 0.25) is 0 Å². The molecule has 8 nitrogen and oxygen atoms in total. The normalized spacial score (nSPS) is 15.2. The second kappa shape index (κ2) is 14.9. The molecule has 34 heavy (non-hydrogen) atoms. The molecule has 0 atom stereocenters. The maximum atomic E-state index is 13.0. The van der Waals surface area contributed by atoms with E-state index in [2.05, 4.69) is 17.0 Å². The van der Waals surface area contributed by atoms with Gasteiger partial charge in [-0.15, -0.1) is 0 Å². The van der Waals surface area contributed by atoms with Crippen LogP contribution in [0, 0.1) is 0 Å². The number of ether oxygens (including phenoxy) is 2. The molecular weight excluding hydrogens is 456 g/mol. The monoisotopic (exact) mass is 496 g/mol. The standard InChI is InChI=1S/C25H40N2O6S/c1-3-5-6-7-8-12-17-33-23-16-15-21(34(30,31)27-20-13-10-9-11-14-20)18-22(23)26-24(32-4-2)19-25(28)29/h15-16,18-20,26-27H,3-14,17H2,1-2H3,(H,28,29)/b24-19-. The van der Waals surface area contributed by atoms with Crippen LogP contribution in [-0.4, -0.2) is 38.7 Å². The zero-order chi connectivity index (χ0) is 24.8. The van der Waals surface area contributed by atoms with Crippen molar-refractivity contribution in [2.45, 2.75) is 95.4 Å². The van der Waals surface area contributed by atoms with Gasteiger partial charge in [-0.2, -0.15) is 0 Å². The summed E-state index contributed by atoms with van der Waals surface area (Å²) in [7, 11) is -3.73. The number of hydrogen-bond acceptors (Lipinski definition) is 6. The molecule has 0 radical (unpaired) electrons. The van der Waals surface area contributed by atoms with Gasteiger partial charge >= 0.3 is 5.97 Å². The van der Waals surface area contributed by atoms with Crippen molar-refractivity contribution in [2.75, 3.05) is 18.5 Å². The van der Waals surface area contributed by atoms with Gasteiger partial charge < -0.3 is 19.9 Å². The highest BCUT2D eigenvalue weighted by Gasteiger charge is 2.23. The van der Waals surface area contributed by atoms with Crippen LogP contribution in [0.15, 0.2) is 35.1 Å². The highest BCUT2D eigenvalue weighted by molar-refractivity contribution is 7.89. The van der Waals surface area contributed by atoms with Crippen LogP contribution in [0.4, 0.5) is 5.69 Å². The molecule has 1 aromatic rings. The molecule has 0 aromatic heterocycles. The van der Waals surface area contributed by atoms with Crippen molar-refractivity contribution < 1.29 is 27.8 Å². The van der Waals surface area contributed by atoms with Crippen LogP contribution in [0.5, 0.6) is 5.75 Å². The van der Waals surface area contributed by atoms with Gasteiger partial charge in [0.2, 0.25) is 10.0 Å². The summed E-state index contributed by atoms with van der Waals surface area (Å²) in [5, 5.41) is 12.1. The Labute approximate surface area is 204 Å². The van der Waals surface area contributed by atoms with E-state index in [0.717, 1.165) is 57.4 Å². The van der Waals surface area contributed by atoms with Gasteiger partial charge in [0, 0.05) is 6.04 Å². The Morgan fingerprint density at radius 3 is 2.47 bits per heavy atom. The summed E-state index contributed by atoms with van der Waals surface area (Å²) >= 11 is 0. The van der Waals surface area contributed by atoms with E-state index in [0.29, 0.717) is 18.0 Å². The number of sulfonamides is 1. The van der Waals surface area contributed by atoms with E-state index >= 15 is 0 Å². The summed E-state index contributed by atoms with van der Waals surface area (Å²) < 4.78 is 40.2. The summed E-state index contributed by atoms with van der Waals surface area (Å²) in [4.78, 5) is 11.3. The molecule has 0 bridgehead atoms. The molecule has 1 aromatic carbocycles. The van der Waals surface area contributed by atoms with E-state index < -0.39 is 16.0 Å². The van der Waals surface area contributed by atoms with Gasteiger partial charge in [0.25, 0.3) is 0 Å². The van der Waals surface area contributed by atoms with Crippen LogP contribution >= 0.6 is 0 Å². The molecule has 1 fully saturated rings. The lowest BCUT2D eigenvalue weighted by molar-refractivity contribution is -0.131. The molecule has 192 valence electrons. The third-order valence-corrected chi connectivity index (χ3v) is 7.27. The number of aliphatic carboxylic acids is 1. The van der Waals surface area contributed by atoms with Gasteiger partial charge in [0.15, 0.2) is 5.88 Å². The molecule has 1 aliphatic carbocycles. The number of benzene rings is 1. The fourth-order valence-electron chi connectivity index (χ4n) is 3.99. The Kier molecular flexibility index (Phi) is 12.2. The number of rotatable bonds is 16. The minimum absolute atomic E-state index is 0.00852. The summed E-state index contributed by atoms with van der Waals surface area (Å²) in [5.74, 6) is -0.719. The molecule has 0 heterocycles. The first-order valence-electron chi connectivity index (χ1n) is 12.5. The molecule has 2 rings (SSSR count). The number of unbranched alkanes of at least 4 members (excludes halogenated alkanes) is 5. The predicted molar refractivity (Wildman–Crippen MR) is 133 cm³/mol. The molecule has 0 spiro atoms. The van der Waals surface area contributed by atoms with E-state index in [1.807, 2.05) is 0 Å². The Morgan fingerprint density at radius 2 is 1.79 bits per heavy atom.